The van der Waals surface area contributed by atoms with Gasteiger partial charge in [-0.2, -0.15) is 0 Å². The zero-order valence-electron chi connectivity index (χ0n) is 12.3. The lowest BCUT2D eigenvalue weighted by Crippen LogP contribution is -2.18. The molecule has 110 valence electrons. The highest BCUT2D eigenvalue weighted by Gasteiger charge is 2.20. The highest BCUT2D eigenvalue weighted by Crippen LogP contribution is 2.30. The number of phenols is 1. The first-order valence-corrected chi connectivity index (χ1v) is 7.76. The number of phenolic OH excluding ortho intramolecular Hbond substituents is 1. The van der Waals surface area contributed by atoms with Gasteiger partial charge in [0, 0.05) is 9.26 Å². The lowest BCUT2D eigenvalue weighted by Gasteiger charge is -2.23. The number of carbonyl (C=O) groups is 1. The van der Waals surface area contributed by atoms with E-state index in [4.69, 9.17) is 0 Å². The molecule has 0 aromatic heterocycles. The first-order chi connectivity index (χ1) is 9.79. The zero-order valence-corrected chi connectivity index (χ0v) is 14.4. The average Bonchev–Trinajstić information content (AvgIpc) is 2.41. The molecule has 0 spiro atoms. The van der Waals surface area contributed by atoms with E-state index in [-0.39, 0.29) is 22.6 Å². The minimum absolute atomic E-state index is 0.0128. The van der Waals surface area contributed by atoms with Crippen LogP contribution in [-0.4, -0.2) is 11.0 Å². The summed E-state index contributed by atoms with van der Waals surface area (Å²) in [5.74, 6) is -0.316. The Bertz CT molecular complexity index is 675. The third-order valence-electron chi connectivity index (χ3n) is 3.19. The number of nitrogens with one attached hydrogen (secondary N) is 1. The molecule has 0 atom stereocenters. The maximum absolute atomic E-state index is 12.4. The summed E-state index contributed by atoms with van der Waals surface area (Å²) >= 11 is 2.11. The molecule has 0 aliphatic heterocycles. The Labute approximate surface area is 138 Å². The quantitative estimate of drug-likeness (QED) is 0.734. The summed E-state index contributed by atoms with van der Waals surface area (Å²) in [5.41, 5.74) is 2.04. The van der Waals surface area contributed by atoms with E-state index in [9.17, 15) is 9.90 Å². The van der Waals surface area contributed by atoms with Crippen molar-refractivity contribution in [3.8, 4) is 5.75 Å². The van der Waals surface area contributed by atoms with E-state index in [1.165, 1.54) is 6.07 Å². The van der Waals surface area contributed by atoms with E-state index in [0.717, 1.165) is 14.8 Å². The molecule has 0 fully saturated rings. The van der Waals surface area contributed by atoms with Crippen LogP contribution in [0.5, 0.6) is 5.75 Å². The molecule has 2 N–H and O–H groups in total. The predicted molar refractivity (Wildman–Crippen MR) is 93.9 cm³/mol. The van der Waals surface area contributed by atoms with Gasteiger partial charge in [-0.25, -0.2) is 0 Å². The van der Waals surface area contributed by atoms with Gasteiger partial charge in [0.1, 0.15) is 5.75 Å². The third kappa shape index (κ3) is 3.75. The fourth-order valence-electron chi connectivity index (χ4n) is 2.13. The summed E-state index contributed by atoms with van der Waals surface area (Å²) in [6, 6.07) is 12.7. The van der Waals surface area contributed by atoms with Crippen LogP contribution in [0.3, 0.4) is 0 Å². The van der Waals surface area contributed by atoms with Crippen LogP contribution < -0.4 is 5.32 Å². The second-order valence-corrected chi connectivity index (χ2v) is 7.16. The summed E-state index contributed by atoms with van der Waals surface area (Å²) in [6.45, 7) is 6.29. The SMILES string of the molecule is CC(C)(C)c1ccccc1NC(=O)c1cc(I)ccc1O. The van der Waals surface area contributed by atoms with E-state index >= 15 is 0 Å². The van der Waals surface area contributed by atoms with Gasteiger partial charge in [0.15, 0.2) is 0 Å². The summed E-state index contributed by atoms with van der Waals surface area (Å²) in [4.78, 5) is 12.4. The minimum atomic E-state index is -0.303. The largest absolute Gasteiger partial charge is 0.507 e. The van der Waals surface area contributed by atoms with Crippen LogP contribution in [-0.2, 0) is 5.41 Å². The van der Waals surface area contributed by atoms with Crippen molar-refractivity contribution in [2.24, 2.45) is 0 Å². The molecule has 0 aliphatic carbocycles. The minimum Gasteiger partial charge on any atom is -0.507 e. The van der Waals surface area contributed by atoms with Gasteiger partial charge < -0.3 is 10.4 Å². The molecule has 21 heavy (non-hydrogen) atoms. The number of hydrogen-bond donors (Lipinski definition) is 2. The van der Waals surface area contributed by atoms with Crippen molar-refractivity contribution in [2.75, 3.05) is 5.32 Å². The molecule has 0 heterocycles. The Kier molecular flexibility index (Phi) is 4.56. The Morgan fingerprint density at radius 1 is 1.14 bits per heavy atom. The predicted octanol–water partition coefficient (Wildman–Crippen LogP) is 4.55. The fraction of sp³-hybridized carbons (Fsp3) is 0.235. The fourth-order valence-corrected chi connectivity index (χ4v) is 2.62. The monoisotopic (exact) mass is 395 g/mol. The van der Waals surface area contributed by atoms with Crippen molar-refractivity contribution in [3.63, 3.8) is 0 Å². The van der Waals surface area contributed by atoms with Crippen LogP contribution in [0.1, 0.15) is 36.7 Å². The van der Waals surface area contributed by atoms with E-state index in [2.05, 4.69) is 48.7 Å². The van der Waals surface area contributed by atoms with Crippen molar-refractivity contribution in [2.45, 2.75) is 26.2 Å². The molecule has 0 radical (unpaired) electrons. The lowest BCUT2D eigenvalue weighted by molar-refractivity contribution is 0.102. The molecular weight excluding hydrogens is 377 g/mol. The first kappa shape index (κ1) is 15.8. The van der Waals surface area contributed by atoms with Gasteiger partial charge in [0.25, 0.3) is 5.91 Å². The molecule has 3 nitrogen and oxygen atoms in total. The Hall–Kier alpha value is -1.56. The van der Waals surface area contributed by atoms with E-state index in [1.54, 1.807) is 12.1 Å². The van der Waals surface area contributed by atoms with Crippen molar-refractivity contribution >= 4 is 34.2 Å². The van der Waals surface area contributed by atoms with Crippen LogP contribution in [0.15, 0.2) is 42.5 Å². The van der Waals surface area contributed by atoms with Crippen LogP contribution in [0.2, 0.25) is 0 Å². The molecular formula is C17H18INO2. The van der Waals surface area contributed by atoms with Crippen LogP contribution in [0.25, 0.3) is 0 Å². The number of benzene rings is 2. The normalized spacial score (nSPS) is 11.2. The van der Waals surface area contributed by atoms with Gasteiger partial charge in [-0.15, -0.1) is 0 Å². The Morgan fingerprint density at radius 2 is 1.81 bits per heavy atom. The molecule has 2 aromatic rings. The lowest BCUT2D eigenvalue weighted by atomic mass is 9.86. The van der Waals surface area contributed by atoms with Crippen molar-refractivity contribution in [1.82, 2.24) is 0 Å². The van der Waals surface area contributed by atoms with Gasteiger partial charge in [0.05, 0.1) is 5.56 Å². The first-order valence-electron chi connectivity index (χ1n) is 6.68. The van der Waals surface area contributed by atoms with Crippen LogP contribution in [0.4, 0.5) is 5.69 Å². The van der Waals surface area contributed by atoms with E-state index in [0.29, 0.717) is 0 Å². The van der Waals surface area contributed by atoms with Gasteiger partial charge in [-0.1, -0.05) is 39.0 Å². The van der Waals surface area contributed by atoms with Gasteiger partial charge >= 0.3 is 0 Å². The molecule has 1 amide bonds. The number of halogens is 1. The number of hydrogen-bond acceptors (Lipinski definition) is 2. The molecule has 0 saturated heterocycles. The van der Waals surface area contributed by atoms with E-state index < -0.39 is 0 Å². The van der Waals surface area contributed by atoms with Crippen molar-refractivity contribution in [1.29, 1.82) is 0 Å². The molecule has 2 rings (SSSR count). The highest BCUT2D eigenvalue weighted by molar-refractivity contribution is 14.1. The number of anilines is 1. The summed E-state index contributed by atoms with van der Waals surface area (Å²) in [7, 11) is 0. The van der Waals surface area contributed by atoms with Gasteiger partial charge in [-0.05, 0) is 57.8 Å². The smallest absolute Gasteiger partial charge is 0.259 e. The molecule has 4 heteroatoms. The summed E-state index contributed by atoms with van der Waals surface area (Å²) in [5, 5.41) is 12.7. The van der Waals surface area contributed by atoms with Crippen molar-refractivity contribution < 1.29 is 9.90 Å². The number of aromatic hydroxyl groups is 1. The number of rotatable bonds is 2. The second kappa shape index (κ2) is 6.05. The van der Waals surface area contributed by atoms with E-state index in [1.807, 2.05) is 24.3 Å². The molecule has 0 aliphatic rings. The topological polar surface area (TPSA) is 49.3 Å². The summed E-state index contributed by atoms with van der Waals surface area (Å²) < 4.78 is 0.902. The molecule has 0 bridgehead atoms. The molecule has 0 unspecified atom stereocenters. The Morgan fingerprint density at radius 3 is 2.48 bits per heavy atom. The molecule has 0 saturated carbocycles. The van der Waals surface area contributed by atoms with Crippen LogP contribution >= 0.6 is 22.6 Å². The highest BCUT2D eigenvalue weighted by atomic mass is 127. The number of carbonyl (C=O) groups excluding carboxylic acids is 1. The van der Waals surface area contributed by atoms with Gasteiger partial charge in [0.2, 0.25) is 0 Å². The Balaban J connectivity index is 2.35. The standard InChI is InChI=1S/C17H18INO2/c1-17(2,3)13-6-4-5-7-14(13)19-16(21)12-10-11(18)8-9-15(12)20/h4-10,20H,1-3H3,(H,19,21). The number of amides is 1. The van der Waals surface area contributed by atoms with Crippen molar-refractivity contribution in [3.05, 3.63) is 57.2 Å². The average molecular weight is 395 g/mol. The zero-order chi connectivity index (χ0) is 15.6. The summed E-state index contributed by atoms with van der Waals surface area (Å²) in [6.07, 6.45) is 0. The van der Waals surface area contributed by atoms with Gasteiger partial charge in [-0.3, -0.25) is 4.79 Å². The maximum Gasteiger partial charge on any atom is 0.259 e. The number of para-hydroxylation sites is 1. The molecule has 2 aromatic carbocycles. The second-order valence-electron chi connectivity index (χ2n) is 5.91. The third-order valence-corrected chi connectivity index (χ3v) is 3.86. The maximum atomic E-state index is 12.4. The van der Waals surface area contributed by atoms with Crippen LogP contribution in [0, 0.1) is 3.57 Å².